The smallest absolute Gasteiger partial charge is 0.191 e. The molecule has 0 radical (unpaired) electrons. The quantitative estimate of drug-likeness (QED) is 0.639. The Hall–Kier alpha value is -1.07. The molecule has 19 heavy (non-hydrogen) atoms. The van der Waals surface area contributed by atoms with E-state index in [-0.39, 0.29) is 0 Å². The van der Waals surface area contributed by atoms with Gasteiger partial charge in [0.15, 0.2) is 5.96 Å². The van der Waals surface area contributed by atoms with Crippen molar-refractivity contribution in [2.75, 3.05) is 27.7 Å². The molecule has 4 nitrogen and oxygen atoms in total. The second-order valence-corrected chi connectivity index (χ2v) is 6.23. The Morgan fingerprint density at radius 3 is 2.79 bits per heavy atom. The molecule has 0 bridgehead atoms. The van der Waals surface area contributed by atoms with E-state index in [1.54, 1.807) is 11.3 Å². The van der Waals surface area contributed by atoms with E-state index in [4.69, 9.17) is 0 Å². The van der Waals surface area contributed by atoms with Crippen LogP contribution >= 0.6 is 11.3 Å². The van der Waals surface area contributed by atoms with E-state index in [2.05, 4.69) is 58.4 Å². The summed E-state index contributed by atoms with van der Waals surface area (Å²) in [5.41, 5.74) is 1.36. The summed E-state index contributed by atoms with van der Waals surface area (Å²) < 4.78 is 0. The van der Waals surface area contributed by atoms with Gasteiger partial charge in [-0.2, -0.15) is 11.3 Å². The fraction of sp³-hybridized carbons (Fsp3) is 0.643. The van der Waals surface area contributed by atoms with Crippen LogP contribution in [0.3, 0.4) is 0 Å². The first-order chi connectivity index (χ1) is 9.11. The molecule has 1 aromatic rings. The molecule has 1 aliphatic rings. The van der Waals surface area contributed by atoms with Crippen LogP contribution in [0.4, 0.5) is 0 Å². The van der Waals surface area contributed by atoms with E-state index < -0.39 is 0 Å². The molecule has 1 aliphatic carbocycles. The van der Waals surface area contributed by atoms with Gasteiger partial charge >= 0.3 is 0 Å². The number of likely N-dealkylation sites (N-methyl/N-ethyl adjacent to an activating group) is 1. The number of hydrogen-bond acceptors (Lipinski definition) is 3. The molecule has 0 spiro atoms. The van der Waals surface area contributed by atoms with Gasteiger partial charge in [0.2, 0.25) is 0 Å². The van der Waals surface area contributed by atoms with Crippen LogP contribution in [0.25, 0.3) is 0 Å². The van der Waals surface area contributed by atoms with Gasteiger partial charge in [-0.1, -0.05) is 6.92 Å². The summed E-state index contributed by atoms with van der Waals surface area (Å²) in [5, 5.41) is 11.2. The zero-order chi connectivity index (χ0) is 13.8. The molecule has 106 valence electrons. The number of hydrogen-bond donors (Lipinski definition) is 2. The van der Waals surface area contributed by atoms with Crippen molar-refractivity contribution in [3.63, 3.8) is 0 Å². The highest BCUT2D eigenvalue weighted by atomic mass is 32.1. The molecule has 2 rings (SSSR count). The lowest BCUT2D eigenvalue weighted by molar-refractivity contribution is 0.298. The summed E-state index contributed by atoms with van der Waals surface area (Å²) in [7, 11) is 6.06. The summed E-state index contributed by atoms with van der Waals surface area (Å²) in [6.45, 7) is 3.13. The zero-order valence-corrected chi connectivity index (χ0v) is 13.0. The second-order valence-electron chi connectivity index (χ2n) is 5.45. The van der Waals surface area contributed by atoms with Crippen molar-refractivity contribution < 1.29 is 0 Å². The highest BCUT2D eigenvalue weighted by Crippen LogP contribution is 2.28. The highest BCUT2D eigenvalue weighted by Gasteiger charge is 2.33. The second kappa shape index (κ2) is 6.39. The first-order valence-electron chi connectivity index (χ1n) is 6.77. The minimum Gasteiger partial charge on any atom is -0.354 e. The lowest BCUT2D eigenvalue weighted by Crippen LogP contribution is -2.42. The van der Waals surface area contributed by atoms with Gasteiger partial charge in [-0.15, -0.1) is 0 Å². The van der Waals surface area contributed by atoms with Crippen molar-refractivity contribution in [2.24, 2.45) is 10.9 Å². The van der Waals surface area contributed by atoms with Crippen molar-refractivity contribution >= 4 is 17.3 Å². The van der Waals surface area contributed by atoms with Gasteiger partial charge < -0.3 is 15.5 Å². The van der Waals surface area contributed by atoms with Crippen LogP contribution in [-0.2, 0) is 0 Å². The van der Waals surface area contributed by atoms with Crippen molar-refractivity contribution in [1.82, 2.24) is 15.5 Å². The van der Waals surface area contributed by atoms with Gasteiger partial charge in [-0.05, 0) is 48.8 Å². The van der Waals surface area contributed by atoms with E-state index in [0.717, 1.165) is 18.4 Å². The Balaban J connectivity index is 1.87. The predicted molar refractivity (Wildman–Crippen MR) is 82.8 cm³/mol. The molecular formula is C14H24N4S. The van der Waals surface area contributed by atoms with Crippen LogP contribution in [0.15, 0.2) is 21.8 Å². The van der Waals surface area contributed by atoms with E-state index >= 15 is 0 Å². The third-order valence-electron chi connectivity index (χ3n) is 3.67. The first-order valence-corrected chi connectivity index (χ1v) is 7.71. The maximum absolute atomic E-state index is 4.29. The minimum atomic E-state index is 0.376. The number of nitrogens with zero attached hydrogens (tertiary/aromatic N) is 2. The summed E-state index contributed by atoms with van der Waals surface area (Å²) in [4.78, 5) is 6.53. The Labute approximate surface area is 119 Å². The molecular weight excluding hydrogens is 256 g/mol. The highest BCUT2D eigenvalue weighted by molar-refractivity contribution is 7.07. The van der Waals surface area contributed by atoms with Gasteiger partial charge in [-0.25, -0.2) is 0 Å². The van der Waals surface area contributed by atoms with Crippen LogP contribution in [0.1, 0.15) is 24.9 Å². The fourth-order valence-corrected chi connectivity index (χ4v) is 2.86. The van der Waals surface area contributed by atoms with Crippen molar-refractivity contribution in [3.05, 3.63) is 22.4 Å². The molecule has 0 aliphatic heterocycles. The normalized spacial score (nSPS) is 24.4. The van der Waals surface area contributed by atoms with Gasteiger partial charge in [0.1, 0.15) is 0 Å². The van der Waals surface area contributed by atoms with Crippen LogP contribution in [0, 0.1) is 5.92 Å². The third kappa shape index (κ3) is 3.94. The zero-order valence-electron chi connectivity index (χ0n) is 12.2. The molecule has 0 aromatic carbocycles. The van der Waals surface area contributed by atoms with Crippen LogP contribution in [0.2, 0.25) is 0 Å². The summed E-state index contributed by atoms with van der Waals surface area (Å²) >= 11 is 1.75. The van der Waals surface area contributed by atoms with Gasteiger partial charge in [0.05, 0.1) is 6.04 Å². The molecule has 2 N–H and O–H groups in total. The van der Waals surface area contributed by atoms with Gasteiger partial charge in [0, 0.05) is 19.6 Å². The summed E-state index contributed by atoms with van der Waals surface area (Å²) in [6.07, 6.45) is 1.25. The van der Waals surface area contributed by atoms with Crippen molar-refractivity contribution in [3.8, 4) is 0 Å². The molecule has 3 atom stereocenters. The number of guanidine groups is 1. The van der Waals surface area contributed by atoms with Gasteiger partial charge in [0.25, 0.3) is 0 Å². The van der Waals surface area contributed by atoms with Crippen molar-refractivity contribution in [1.29, 1.82) is 0 Å². The largest absolute Gasteiger partial charge is 0.354 e. The fourth-order valence-electron chi connectivity index (χ4n) is 2.15. The summed E-state index contributed by atoms with van der Waals surface area (Å²) in [6, 6.07) is 3.17. The van der Waals surface area contributed by atoms with Crippen LogP contribution < -0.4 is 10.6 Å². The average molecular weight is 280 g/mol. The maximum atomic E-state index is 4.29. The average Bonchev–Trinajstić information content (AvgIpc) is 2.86. The maximum Gasteiger partial charge on any atom is 0.191 e. The first kappa shape index (κ1) is 14.3. The van der Waals surface area contributed by atoms with Crippen LogP contribution in [0.5, 0.6) is 0 Å². The standard InChI is InChI=1S/C14H24N4S/c1-10-7-12(10)17-14(15-2)16-8-13(18(3)4)11-5-6-19-9-11/h5-6,9-10,12-13H,7-8H2,1-4H3,(H2,15,16,17). The molecule has 0 saturated heterocycles. The molecule has 1 heterocycles. The molecule has 1 fully saturated rings. The predicted octanol–water partition coefficient (Wildman–Crippen LogP) is 1.92. The molecule has 1 aromatic heterocycles. The Bertz CT molecular complexity index is 413. The Kier molecular flexibility index (Phi) is 4.82. The molecule has 0 amide bonds. The Morgan fingerprint density at radius 1 is 1.58 bits per heavy atom. The van der Waals surface area contributed by atoms with Gasteiger partial charge in [-0.3, -0.25) is 4.99 Å². The minimum absolute atomic E-state index is 0.376. The number of rotatable bonds is 5. The SMILES string of the molecule is CN=C(NCC(c1ccsc1)N(C)C)NC1CC1C. The lowest BCUT2D eigenvalue weighted by Gasteiger charge is -2.25. The van der Waals surface area contributed by atoms with E-state index in [1.165, 1.54) is 12.0 Å². The van der Waals surface area contributed by atoms with Crippen LogP contribution in [-0.4, -0.2) is 44.6 Å². The molecule has 3 unspecified atom stereocenters. The van der Waals surface area contributed by atoms with Crippen molar-refractivity contribution in [2.45, 2.75) is 25.4 Å². The Morgan fingerprint density at radius 2 is 2.32 bits per heavy atom. The van der Waals surface area contributed by atoms with E-state index in [0.29, 0.717) is 12.1 Å². The van der Waals surface area contributed by atoms with E-state index in [1.807, 2.05) is 7.05 Å². The third-order valence-corrected chi connectivity index (χ3v) is 4.37. The monoisotopic (exact) mass is 280 g/mol. The number of thiophene rings is 1. The number of nitrogens with one attached hydrogen (secondary N) is 2. The summed E-state index contributed by atoms with van der Waals surface area (Å²) in [5.74, 6) is 1.69. The lowest BCUT2D eigenvalue weighted by atomic mass is 10.1. The molecule has 1 saturated carbocycles. The molecule has 5 heteroatoms. The van der Waals surface area contributed by atoms with E-state index in [9.17, 15) is 0 Å². The topological polar surface area (TPSA) is 39.7 Å². The number of aliphatic imine (C=N–C) groups is 1.